The van der Waals surface area contributed by atoms with Crippen molar-refractivity contribution in [3.05, 3.63) is 70.2 Å². The van der Waals surface area contributed by atoms with Crippen molar-refractivity contribution in [1.82, 2.24) is 4.90 Å². The summed E-state index contributed by atoms with van der Waals surface area (Å²) in [6.07, 6.45) is 5.18. The number of nitrogens with zero attached hydrogens (tertiary/aromatic N) is 1. The van der Waals surface area contributed by atoms with E-state index in [1.165, 1.54) is 37.8 Å². The van der Waals surface area contributed by atoms with E-state index in [-0.39, 0.29) is 0 Å². The lowest BCUT2D eigenvalue weighted by atomic mass is 9.80. The molecule has 0 radical (unpaired) electrons. The fraction of sp³-hybridized carbons (Fsp3) is 0.400. The second-order valence-corrected chi connectivity index (χ2v) is 7.27. The van der Waals surface area contributed by atoms with E-state index in [1.807, 2.05) is 12.1 Å². The van der Waals surface area contributed by atoms with E-state index in [0.29, 0.717) is 6.04 Å². The lowest BCUT2D eigenvalue weighted by Gasteiger charge is -2.42. The zero-order valence-electron chi connectivity index (χ0n) is 12.8. The second-order valence-electron chi connectivity index (χ2n) is 6.83. The third-order valence-electron chi connectivity index (χ3n) is 5.30. The van der Waals surface area contributed by atoms with Crippen molar-refractivity contribution in [2.45, 2.75) is 38.3 Å². The van der Waals surface area contributed by atoms with E-state index in [4.69, 9.17) is 11.6 Å². The number of fused-ring (bicyclic) bond motifs is 2. The van der Waals surface area contributed by atoms with Gasteiger partial charge in [0.05, 0.1) is 0 Å². The first-order valence-corrected chi connectivity index (χ1v) is 8.71. The summed E-state index contributed by atoms with van der Waals surface area (Å²) in [6.45, 7) is 2.29. The largest absolute Gasteiger partial charge is 0.296 e. The van der Waals surface area contributed by atoms with Gasteiger partial charge in [0.15, 0.2) is 0 Å². The molecule has 1 saturated heterocycles. The van der Waals surface area contributed by atoms with Crippen molar-refractivity contribution < 1.29 is 0 Å². The molecule has 2 heterocycles. The van der Waals surface area contributed by atoms with E-state index in [9.17, 15) is 0 Å². The Labute approximate surface area is 137 Å². The number of benzene rings is 2. The highest BCUT2D eigenvalue weighted by molar-refractivity contribution is 6.30. The van der Waals surface area contributed by atoms with Gasteiger partial charge in [-0.1, -0.05) is 48.0 Å². The number of piperidine rings is 1. The normalized spacial score (nSPS) is 24.6. The quantitative estimate of drug-likeness (QED) is 0.775. The van der Waals surface area contributed by atoms with Crippen LogP contribution >= 0.6 is 11.6 Å². The van der Waals surface area contributed by atoms with Gasteiger partial charge in [-0.3, -0.25) is 4.90 Å². The Hall–Kier alpha value is -1.31. The minimum atomic E-state index is 0.688. The van der Waals surface area contributed by atoms with Gasteiger partial charge < -0.3 is 0 Å². The van der Waals surface area contributed by atoms with Gasteiger partial charge >= 0.3 is 0 Å². The van der Waals surface area contributed by atoms with E-state index in [0.717, 1.165) is 17.5 Å². The fourth-order valence-electron chi connectivity index (χ4n) is 4.12. The van der Waals surface area contributed by atoms with Crippen LogP contribution in [0.25, 0.3) is 0 Å². The first kappa shape index (κ1) is 14.3. The maximum atomic E-state index is 6.01. The Kier molecular flexibility index (Phi) is 3.94. The van der Waals surface area contributed by atoms with Crippen LogP contribution < -0.4 is 0 Å². The zero-order valence-corrected chi connectivity index (χ0v) is 13.6. The standard InChI is InChI=1S/C20H22ClN/c21-19-8-5-15(6-9-19)13-22-14-16-7-10-20(22)12-18-4-2-1-3-17(18)11-16/h1-6,8-9,16,20H,7,10-14H2/t16-,20+/m1/s1. The first-order chi connectivity index (χ1) is 10.8. The average Bonchev–Trinajstić information content (AvgIpc) is 2.50. The van der Waals surface area contributed by atoms with Crippen LogP contribution in [0.15, 0.2) is 48.5 Å². The molecule has 2 aromatic rings. The lowest BCUT2D eigenvalue weighted by Crippen LogP contribution is -2.46. The highest BCUT2D eigenvalue weighted by atomic mass is 35.5. The van der Waals surface area contributed by atoms with Gasteiger partial charge in [0, 0.05) is 24.2 Å². The molecule has 2 bridgehead atoms. The Morgan fingerprint density at radius 1 is 0.909 bits per heavy atom. The molecule has 0 unspecified atom stereocenters. The van der Waals surface area contributed by atoms with Crippen molar-refractivity contribution >= 4 is 11.6 Å². The first-order valence-electron chi connectivity index (χ1n) is 8.33. The second kappa shape index (κ2) is 6.06. The molecular formula is C20H22ClN. The minimum Gasteiger partial charge on any atom is -0.296 e. The lowest BCUT2D eigenvalue weighted by molar-refractivity contribution is 0.0938. The van der Waals surface area contributed by atoms with Crippen LogP contribution in [0.1, 0.15) is 29.5 Å². The molecule has 0 N–H and O–H groups in total. The Morgan fingerprint density at radius 2 is 1.64 bits per heavy atom. The summed E-state index contributed by atoms with van der Waals surface area (Å²) in [5.74, 6) is 0.810. The van der Waals surface area contributed by atoms with Gasteiger partial charge in [-0.05, 0) is 60.4 Å². The molecule has 1 fully saturated rings. The highest BCUT2D eigenvalue weighted by Crippen LogP contribution is 2.33. The Morgan fingerprint density at radius 3 is 2.41 bits per heavy atom. The molecule has 2 atom stereocenters. The van der Waals surface area contributed by atoms with Crippen LogP contribution in [0.2, 0.25) is 5.02 Å². The summed E-state index contributed by atoms with van der Waals surface area (Å²) in [7, 11) is 0. The van der Waals surface area contributed by atoms with Crippen molar-refractivity contribution in [2.75, 3.05) is 6.54 Å². The topological polar surface area (TPSA) is 3.24 Å². The number of hydrogen-bond donors (Lipinski definition) is 0. The molecule has 2 aliphatic heterocycles. The van der Waals surface area contributed by atoms with Gasteiger partial charge in [-0.2, -0.15) is 0 Å². The summed E-state index contributed by atoms with van der Waals surface area (Å²) < 4.78 is 0. The van der Waals surface area contributed by atoms with Gasteiger partial charge in [0.1, 0.15) is 0 Å². The Bertz CT molecular complexity index is 649. The van der Waals surface area contributed by atoms with E-state index in [2.05, 4.69) is 41.3 Å². The molecule has 0 saturated carbocycles. The van der Waals surface area contributed by atoms with Gasteiger partial charge in [0.2, 0.25) is 0 Å². The molecule has 2 aromatic carbocycles. The van der Waals surface area contributed by atoms with Gasteiger partial charge in [-0.25, -0.2) is 0 Å². The van der Waals surface area contributed by atoms with Crippen molar-refractivity contribution in [3.63, 3.8) is 0 Å². The van der Waals surface area contributed by atoms with Crippen LogP contribution in [0.4, 0.5) is 0 Å². The number of halogens is 1. The van der Waals surface area contributed by atoms with Gasteiger partial charge in [0.25, 0.3) is 0 Å². The predicted molar refractivity (Wildman–Crippen MR) is 92.2 cm³/mol. The monoisotopic (exact) mass is 311 g/mol. The van der Waals surface area contributed by atoms with Crippen molar-refractivity contribution in [1.29, 1.82) is 0 Å². The maximum Gasteiger partial charge on any atom is 0.0406 e. The van der Waals surface area contributed by atoms with E-state index >= 15 is 0 Å². The smallest absolute Gasteiger partial charge is 0.0406 e. The van der Waals surface area contributed by atoms with Crippen LogP contribution in [-0.2, 0) is 19.4 Å². The summed E-state index contributed by atoms with van der Waals surface area (Å²) in [4.78, 5) is 2.70. The van der Waals surface area contributed by atoms with Gasteiger partial charge in [-0.15, -0.1) is 0 Å². The molecule has 0 aromatic heterocycles. The molecule has 0 amide bonds. The van der Waals surface area contributed by atoms with Crippen LogP contribution in [0.5, 0.6) is 0 Å². The van der Waals surface area contributed by atoms with Crippen molar-refractivity contribution in [3.8, 4) is 0 Å². The van der Waals surface area contributed by atoms with E-state index < -0.39 is 0 Å². The van der Waals surface area contributed by atoms with Crippen molar-refractivity contribution in [2.24, 2.45) is 5.92 Å². The molecular weight excluding hydrogens is 290 g/mol. The van der Waals surface area contributed by atoms with Crippen LogP contribution in [0.3, 0.4) is 0 Å². The molecule has 114 valence electrons. The highest BCUT2D eigenvalue weighted by Gasteiger charge is 2.31. The fourth-order valence-corrected chi connectivity index (χ4v) is 4.25. The maximum absolute atomic E-state index is 6.01. The number of hydrogen-bond acceptors (Lipinski definition) is 1. The summed E-state index contributed by atoms with van der Waals surface area (Å²) in [5.41, 5.74) is 4.53. The molecule has 1 nitrogen and oxygen atoms in total. The molecule has 2 heteroatoms. The van der Waals surface area contributed by atoms with Crippen LogP contribution in [-0.4, -0.2) is 17.5 Å². The molecule has 3 aliphatic rings. The zero-order chi connectivity index (χ0) is 14.9. The molecule has 1 aliphatic carbocycles. The minimum absolute atomic E-state index is 0.688. The van der Waals surface area contributed by atoms with E-state index in [1.54, 1.807) is 11.1 Å². The average molecular weight is 312 g/mol. The summed E-state index contributed by atoms with van der Waals surface area (Å²) >= 11 is 6.01. The third kappa shape index (κ3) is 2.93. The predicted octanol–water partition coefficient (Wildman–Crippen LogP) is 4.72. The molecule has 0 spiro atoms. The molecule has 5 rings (SSSR count). The summed E-state index contributed by atoms with van der Waals surface area (Å²) in [5, 5.41) is 0.826. The summed E-state index contributed by atoms with van der Waals surface area (Å²) in [6, 6.07) is 18.1. The Balaban J connectivity index is 1.57. The molecule has 22 heavy (non-hydrogen) atoms. The SMILES string of the molecule is Clc1ccc(CN2C[C@@H]3CC[C@H]2Cc2ccccc2C3)cc1. The van der Waals surface area contributed by atoms with Crippen LogP contribution in [0, 0.1) is 5.92 Å². The third-order valence-corrected chi connectivity index (χ3v) is 5.55. The number of rotatable bonds is 2.